The Morgan fingerprint density at radius 3 is 2.79 bits per heavy atom. The molecule has 4 aromatic rings. The van der Waals surface area contributed by atoms with Crippen LogP contribution in [0.1, 0.15) is 16.8 Å². The number of hydrogen-bond acceptors (Lipinski definition) is 4. The molecular weight excluding hydrogens is 320 g/mol. The summed E-state index contributed by atoms with van der Waals surface area (Å²) in [4.78, 5) is 24.6. The van der Waals surface area contributed by atoms with E-state index < -0.39 is 0 Å². The molecule has 1 aromatic carbocycles. The van der Waals surface area contributed by atoms with E-state index in [4.69, 9.17) is 0 Å². The second-order valence-electron chi connectivity index (χ2n) is 5.87. The van der Waals surface area contributed by atoms with Crippen LogP contribution in [0.25, 0.3) is 16.7 Å². The lowest BCUT2D eigenvalue weighted by Gasteiger charge is -2.04. The van der Waals surface area contributed by atoms with Crippen molar-refractivity contribution in [2.24, 2.45) is 0 Å². The Balaban J connectivity index is 1.62. The first-order valence-corrected chi connectivity index (χ1v) is 8.65. The van der Waals surface area contributed by atoms with Gasteiger partial charge < -0.3 is 4.98 Å². The average Bonchev–Trinajstić information content (AvgIpc) is 2.94. The Hall–Kier alpha value is -2.60. The molecule has 6 heteroatoms. The number of aromatic amines is 1. The van der Waals surface area contributed by atoms with Crippen LogP contribution in [-0.4, -0.2) is 19.4 Å². The minimum atomic E-state index is -0.0594. The number of aromatic nitrogens is 4. The van der Waals surface area contributed by atoms with Crippen molar-refractivity contribution in [2.75, 3.05) is 0 Å². The highest BCUT2D eigenvalue weighted by molar-refractivity contribution is 7.98. The highest BCUT2D eigenvalue weighted by atomic mass is 32.2. The number of H-pyrrole nitrogens is 1. The fourth-order valence-corrected chi connectivity index (χ4v) is 3.42. The molecule has 0 unspecified atom stereocenters. The molecule has 0 atom stereocenters. The molecule has 120 valence electrons. The number of aryl methyl sites for hydroxylation is 2. The van der Waals surface area contributed by atoms with Gasteiger partial charge in [0.25, 0.3) is 5.56 Å². The summed E-state index contributed by atoms with van der Waals surface area (Å²) in [6.07, 6.45) is 1.76. The quantitative estimate of drug-likeness (QED) is 0.582. The van der Waals surface area contributed by atoms with Gasteiger partial charge in [-0.15, -0.1) is 0 Å². The number of rotatable bonds is 3. The maximum absolute atomic E-state index is 12.2. The molecule has 5 nitrogen and oxygen atoms in total. The van der Waals surface area contributed by atoms with Gasteiger partial charge in [0.05, 0.1) is 16.7 Å². The van der Waals surface area contributed by atoms with Crippen molar-refractivity contribution in [1.29, 1.82) is 0 Å². The molecule has 0 fully saturated rings. The molecular formula is C18H16N4OS. The van der Waals surface area contributed by atoms with Crippen LogP contribution in [0.5, 0.6) is 0 Å². The third kappa shape index (κ3) is 2.80. The van der Waals surface area contributed by atoms with E-state index in [0.717, 1.165) is 27.4 Å². The third-order valence-corrected chi connectivity index (χ3v) is 4.76. The van der Waals surface area contributed by atoms with Gasteiger partial charge in [-0.05, 0) is 49.2 Å². The van der Waals surface area contributed by atoms with Crippen LogP contribution < -0.4 is 5.56 Å². The smallest absolute Gasteiger partial charge is 0.258 e. The molecule has 0 saturated heterocycles. The number of nitrogens with zero attached hydrogens (tertiary/aromatic N) is 3. The molecule has 3 heterocycles. The second kappa shape index (κ2) is 5.79. The van der Waals surface area contributed by atoms with E-state index in [1.807, 2.05) is 31.2 Å². The number of fused-ring (bicyclic) bond motifs is 2. The van der Waals surface area contributed by atoms with E-state index in [1.165, 1.54) is 5.56 Å². The Bertz CT molecular complexity index is 1110. The first-order valence-electron chi connectivity index (χ1n) is 7.67. The highest BCUT2D eigenvalue weighted by Crippen LogP contribution is 2.22. The van der Waals surface area contributed by atoms with Crippen LogP contribution in [-0.2, 0) is 5.75 Å². The number of thioether (sulfide) groups is 1. The average molecular weight is 336 g/mol. The number of benzene rings is 1. The van der Waals surface area contributed by atoms with E-state index in [9.17, 15) is 4.79 Å². The van der Waals surface area contributed by atoms with Crippen molar-refractivity contribution in [3.8, 4) is 0 Å². The molecule has 0 amide bonds. The SMILES string of the molecule is Cc1ccc2nc(SCc3cc(=O)n4ccc(C)cc4n3)[nH]c2c1. The monoisotopic (exact) mass is 336 g/mol. The van der Waals surface area contributed by atoms with Crippen LogP contribution in [0.2, 0.25) is 0 Å². The van der Waals surface area contributed by atoms with Gasteiger partial charge in [0.2, 0.25) is 0 Å². The van der Waals surface area contributed by atoms with E-state index >= 15 is 0 Å². The molecule has 24 heavy (non-hydrogen) atoms. The molecule has 3 aromatic heterocycles. The predicted molar refractivity (Wildman–Crippen MR) is 96.6 cm³/mol. The van der Waals surface area contributed by atoms with Crippen LogP contribution in [0, 0.1) is 13.8 Å². The summed E-state index contributed by atoms with van der Waals surface area (Å²) in [6, 6.07) is 11.5. The van der Waals surface area contributed by atoms with E-state index in [2.05, 4.69) is 27.9 Å². The summed E-state index contributed by atoms with van der Waals surface area (Å²) < 4.78 is 1.56. The standard InChI is InChI=1S/C18H16N4OS/c1-11-3-4-14-15(7-11)21-18(20-14)24-10-13-9-17(23)22-6-5-12(2)8-16(22)19-13/h3-9H,10H2,1-2H3,(H,20,21). The Kier molecular flexibility index (Phi) is 3.61. The van der Waals surface area contributed by atoms with Gasteiger partial charge in [-0.25, -0.2) is 9.97 Å². The summed E-state index contributed by atoms with van der Waals surface area (Å²) in [7, 11) is 0. The maximum Gasteiger partial charge on any atom is 0.258 e. The molecule has 0 aliphatic heterocycles. The molecule has 0 spiro atoms. The summed E-state index contributed by atoms with van der Waals surface area (Å²) in [5, 5.41) is 0.835. The summed E-state index contributed by atoms with van der Waals surface area (Å²) in [5.74, 6) is 0.596. The zero-order chi connectivity index (χ0) is 16.7. The van der Waals surface area contributed by atoms with E-state index in [-0.39, 0.29) is 5.56 Å². The zero-order valence-electron chi connectivity index (χ0n) is 13.4. The van der Waals surface area contributed by atoms with Crippen molar-refractivity contribution in [1.82, 2.24) is 19.4 Å². The minimum absolute atomic E-state index is 0.0594. The maximum atomic E-state index is 12.2. The van der Waals surface area contributed by atoms with Gasteiger partial charge in [0.15, 0.2) is 5.16 Å². The summed E-state index contributed by atoms with van der Waals surface area (Å²) in [5.41, 5.74) is 5.63. The molecule has 0 radical (unpaired) electrons. The molecule has 4 rings (SSSR count). The van der Waals surface area contributed by atoms with Crippen LogP contribution in [0.4, 0.5) is 0 Å². The fourth-order valence-electron chi connectivity index (χ4n) is 2.64. The molecule has 0 aliphatic rings. The topological polar surface area (TPSA) is 63.1 Å². The van der Waals surface area contributed by atoms with Gasteiger partial charge in [-0.3, -0.25) is 9.20 Å². The van der Waals surface area contributed by atoms with Gasteiger partial charge in [0.1, 0.15) is 5.65 Å². The second-order valence-corrected chi connectivity index (χ2v) is 6.83. The summed E-state index contributed by atoms with van der Waals surface area (Å²) in [6.45, 7) is 4.05. The molecule has 0 aliphatic carbocycles. The molecule has 0 saturated carbocycles. The van der Waals surface area contributed by atoms with Crippen molar-refractivity contribution < 1.29 is 0 Å². The Morgan fingerprint density at radius 1 is 1.08 bits per heavy atom. The van der Waals surface area contributed by atoms with Gasteiger partial charge in [-0.2, -0.15) is 0 Å². The van der Waals surface area contributed by atoms with Gasteiger partial charge >= 0.3 is 0 Å². The number of hydrogen-bond donors (Lipinski definition) is 1. The lowest BCUT2D eigenvalue weighted by molar-refractivity contribution is 1.00. The highest BCUT2D eigenvalue weighted by Gasteiger charge is 2.07. The van der Waals surface area contributed by atoms with Crippen molar-refractivity contribution >= 4 is 28.4 Å². The van der Waals surface area contributed by atoms with Crippen LogP contribution >= 0.6 is 11.8 Å². The first-order chi connectivity index (χ1) is 11.6. The van der Waals surface area contributed by atoms with Crippen LogP contribution in [0.3, 0.4) is 0 Å². The minimum Gasteiger partial charge on any atom is -0.333 e. The largest absolute Gasteiger partial charge is 0.333 e. The fraction of sp³-hybridized carbons (Fsp3) is 0.167. The van der Waals surface area contributed by atoms with Gasteiger partial charge in [-0.1, -0.05) is 17.8 Å². The lowest BCUT2D eigenvalue weighted by atomic mass is 10.2. The third-order valence-electron chi connectivity index (χ3n) is 3.85. The Labute approximate surface area is 142 Å². The van der Waals surface area contributed by atoms with Crippen molar-refractivity contribution in [3.63, 3.8) is 0 Å². The van der Waals surface area contributed by atoms with Crippen molar-refractivity contribution in [3.05, 3.63) is 69.8 Å². The van der Waals surface area contributed by atoms with E-state index in [0.29, 0.717) is 11.4 Å². The van der Waals surface area contributed by atoms with Crippen molar-refractivity contribution in [2.45, 2.75) is 24.8 Å². The normalized spacial score (nSPS) is 11.4. The van der Waals surface area contributed by atoms with Gasteiger partial charge in [0, 0.05) is 18.0 Å². The zero-order valence-corrected chi connectivity index (χ0v) is 14.2. The molecule has 0 bridgehead atoms. The number of nitrogens with one attached hydrogen (secondary N) is 1. The lowest BCUT2D eigenvalue weighted by Crippen LogP contribution is -2.15. The number of imidazole rings is 1. The summed E-state index contributed by atoms with van der Waals surface area (Å²) >= 11 is 1.55. The first kappa shape index (κ1) is 15.0. The van der Waals surface area contributed by atoms with E-state index in [1.54, 1.807) is 28.4 Å². The number of pyridine rings is 1. The molecule has 1 N–H and O–H groups in total. The van der Waals surface area contributed by atoms with Crippen LogP contribution in [0.15, 0.2) is 52.5 Å². The predicted octanol–water partition coefficient (Wildman–Crippen LogP) is 3.48. The Morgan fingerprint density at radius 2 is 1.92 bits per heavy atom.